The molecular formula is C16H16F3N3O3S. The van der Waals surface area contributed by atoms with Gasteiger partial charge in [0.1, 0.15) is 0 Å². The summed E-state index contributed by atoms with van der Waals surface area (Å²) in [7, 11) is 0. The summed E-state index contributed by atoms with van der Waals surface area (Å²) in [6.45, 7) is 3.01. The van der Waals surface area contributed by atoms with Crippen molar-refractivity contribution >= 4 is 38.6 Å². The van der Waals surface area contributed by atoms with E-state index in [2.05, 4.69) is 16.4 Å². The maximum Gasteiger partial charge on any atom is 0.490 e. The number of aromatic nitrogens is 1. The molecule has 2 saturated heterocycles. The Labute approximate surface area is 150 Å². The molecule has 6 nitrogen and oxygen atoms in total. The molecule has 10 heteroatoms. The van der Waals surface area contributed by atoms with Crippen molar-refractivity contribution in [3.63, 3.8) is 0 Å². The summed E-state index contributed by atoms with van der Waals surface area (Å²) in [5, 5.41) is 11.4. The highest BCUT2D eigenvalue weighted by Gasteiger charge is 2.49. The quantitative estimate of drug-likeness (QED) is 0.786. The van der Waals surface area contributed by atoms with Gasteiger partial charge in [0.2, 0.25) is 5.91 Å². The zero-order valence-corrected chi connectivity index (χ0v) is 14.5. The van der Waals surface area contributed by atoms with E-state index < -0.39 is 12.1 Å². The van der Waals surface area contributed by atoms with Gasteiger partial charge in [-0.2, -0.15) is 13.2 Å². The van der Waals surface area contributed by atoms with E-state index in [9.17, 15) is 18.0 Å². The lowest BCUT2D eigenvalue weighted by molar-refractivity contribution is -0.192. The number of thiazole rings is 1. The molecule has 1 aromatic heterocycles. The number of alkyl halides is 3. The van der Waals surface area contributed by atoms with E-state index in [4.69, 9.17) is 9.90 Å². The molecule has 2 fully saturated rings. The summed E-state index contributed by atoms with van der Waals surface area (Å²) in [5.41, 5.74) is 0.984. The van der Waals surface area contributed by atoms with E-state index in [0.717, 1.165) is 28.3 Å². The van der Waals surface area contributed by atoms with E-state index in [1.807, 2.05) is 30.0 Å². The van der Waals surface area contributed by atoms with Crippen molar-refractivity contribution in [2.24, 2.45) is 5.92 Å². The molecule has 2 aliphatic rings. The molecule has 2 aromatic rings. The van der Waals surface area contributed by atoms with E-state index in [0.29, 0.717) is 6.04 Å². The van der Waals surface area contributed by atoms with Crippen LogP contribution >= 0.6 is 11.3 Å². The van der Waals surface area contributed by atoms with Crippen LogP contribution in [0, 0.1) is 5.92 Å². The molecule has 0 radical (unpaired) electrons. The number of halogens is 3. The molecule has 4 rings (SSSR count). The number of carbonyl (C=O) groups excluding carboxylic acids is 1. The molecule has 140 valence electrons. The minimum atomic E-state index is -5.08. The molecule has 0 saturated carbocycles. The Hall–Kier alpha value is -2.20. The first kappa shape index (κ1) is 18.6. The molecule has 0 bridgehead atoms. The molecule has 26 heavy (non-hydrogen) atoms. The molecular weight excluding hydrogens is 371 g/mol. The summed E-state index contributed by atoms with van der Waals surface area (Å²) < 4.78 is 32.9. The Bertz CT molecular complexity index is 806. The van der Waals surface area contributed by atoms with E-state index >= 15 is 0 Å². The smallest absolute Gasteiger partial charge is 0.475 e. The number of fused-ring (bicyclic) bond motifs is 2. The van der Waals surface area contributed by atoms with Crippen LogP contribution in [0.25, 0.3) is 10.2 Å². The zero-order chi connectivity index (χ0) is 19.1. The van der Waals surface area contributed by atoms with Crippen molar-refractivity contribution < 1.29 is 27.9 Å². The Balaban J connectivity index is 0.000000242. The summed E-state index contributed by atoms with van der Waals surface area (Å²) in [5.74, 6) is -2.49. The number of hydrogen-bond donors (Lipinski definition) is 2. The van der Waals surface area contributed by atoms with Gasteiger partial charge in [0.15, 0.2) is 5.13 Å². The first-order valence-corrected chi connectivity index (χ1v) is 8.74. The Kier molecular flexibility index (Phi) is 4.89. The van der Waals surface area contributed by atoms with Crippen LogP contribution in [-0.4, -0.2) is 46.8 Å². The largest absolute Gasteiger partial charge is 0.490 e. The molecule has 0 aliphatic carbocycles. The molecule has 2 aliphatic heterocycles. The minimum absolute atomic E-state index is 0.0551. The van der Waals surface area contributed by atoms with Gasteiger partial charge in [0, 0.05) is 6.04 Å². The van der Waals surface area contributed by atoms with Crippen molar-refractivity contribution in [1.82, 2.24) is 10.3 Å². The fraction of sp³-hybridized carbons (Fsp3) is 0.438. The summed E-state index contributed by atoms with van der Waals surface area (Å²) in [6, 6.07) is 8.63. The third-order valence-electron chi connectivity index (χ3n) is 4.46. The van der Waals surface area contributed by atoms with Gasteiger partial charge in [-0.05, 0) is 25.1 Å². The van der Waals surface area contributed by atoms with Crippen LogP contribution in [0.1, 0.15) is 13.3 Å². The fourth-order valence-corrected chi connectivity index (χ4v) is 4.28. The van der Waals surface area contributed by atoms with Gasteiger partial charge in [-0.3, -0.25) is 9.69 Å². The highest BCUT2D eigenvalue weighted by Crippen LogP contribution is 2.38. The number of amides is 1. The number of hydrogen-bond acceptors (Lipinski definition) is 5. The van der Waals surface area contributed by atoms with Gasteiger partial charge in [-0.25, -0.2) is 9.78 Å². The van der Waals surface area contributed by atoms with Crippen molar-refractivity contribution in [2.45, 2.75) is 31.6 Å². The van der Waals surface area contributed by atoms with E-state index in [1.165, 1.54) is 0 Å². The van der Waals surface area contributed by atoms with Crippen LogP contribution in [-0.2, 0) is 9.59 Å². The number of rotatable bonds is 1. The summed E-state index contributed by atoms with van der Waals surface area (Å²) in [4.78, 5) is 27.9. The van der Waals surface area contributed by atoms with Crippen LogP contribution in [0.5, 0.6) is 0 Å². The number of anilines is 1. The number of nitrogens with one attached hydrogen (secondary N) is 1. The second-order valence-electron chi connectivity index (χ2n) is 6.10. The molecule has 3 heterocycles. The Morgan fingerprint density at radius 2 is 2.04 bits per heavy atom. The van der Waals surface area contributed by atoms with Gasteiger partial charge in [-0.15, -0.1) is 0 Å². The van der Waals surface area contributed by atoms with Crippen LogP contribution in [0.15, 0.2) is 24.3 Å². The molecule has 1 aromatic carbocycles. The Morgan fingerprint density at radius 1 is 1.38 bits per heavy atom. The maximum atomic E-state index is 12.4. The van der Waals surface area contributed by atoms with Crippen molar-refractivity contribution in [1.29, 1.82) is 0 Å². The summed E-state index contributed by atoms with van der Waals surface area (Å²) >= 11 is 1.62. The average Bonchev–Trinajstić information content (AvgIpc) is 3.24. The number of aliphatic carboxylic acids is 1. The number of para-hydroxylation sites is 1. The predicted octanol–water partition coefficient (Wildman–Crippen LogP) is 2.64. The van der Waals surface area contributed by atoms with Crippen molar-refractivity contribution in [2.75, 3.05) is 11.4 Å². The Morgan fingerprint density at radius 3 is 2.65 bits per heavy atom. The lowest BCUT2D eigenvalue weighted by Crippen LogP contribution is -2.35. The topological polar surface area (TPSA) is 82.5 Å². The second-order valence-corrected chi connectivity index (χ2v) is 7.11. The number of carboxylic acids is 1. The highest BCUT2D eigenvalue weighted by molar-refractivity contribution is 7.22. The van der Waals surface area contributed by atoms with Crippen LogP contribution in [0.4, 0.5) is 18.3 Å². The van der Waals surface area contributed by atoms with E-state index in [-0.39, 0.29) is 17.9 Å². The van der Waals surface area contributed by atoms with Gasteiger partial charge in [0.25, 0.3) is 0 Å². The van der Waals surface area contributed by atoms with Crippen LogP contribution in [0.2, 0.25) is 0 Å². The lowest BCUT2D eigenvalue weighted by Gasteiger charge is -2.19. The normalized spacial score (nSPS) is 25.2. The molecule has 0 spiro atoms. The first-order valence-electron chi connectivity index (χ1n) is 7.92. The standard InChI is InChI=1S/C14H15N3OS.C2HF3O2/c1-8-12-10(6-7-15-12)17(13(8)18)14-16-9-4-2-3-5-11(9)19-14;3-2(4,5)1(6)7/h2-5,8,10,12,15H,6-7H2,1H3;(H,6,7)/t8-,10-,12+;/m0./s1. The molecule has 1 amide bonds. The first-order chi connectivity index (χ1) is 12.2. The van der Waals surface area contributed by atoms with E-state index in [1.54, 1.807) is 11.3 Å². The highest BCUT2D eigenvalue weighted by atomic mass is 32.1. The lowest BCUT2D eigenvalue weighted by atomic mass is 10.0. The summed E-state index contributed by atoms with van der Waals surface area (Å²) in [6.07, 6.45) is -4.06. The third kappa shape index (κ3) is 3.38. The fourth-order valence-electron chi connectivity index (χ4n) is 3.25. The van der Waals surface area contributed by atoms with Gasteiger partial charge in [0.05, 0.1) is 22.2 Å². The van der Waals surface area contributed by atoms with Gasteiger partial charge < -0.3 is 10.4 Å². The molecule has 3 atom stereocenters. The van der Waals surface area contributed by atoms with Crippen molar-refractivity contribution in [3.05, 3.63) is 24.3 Å². The second kappa shape index (κ2) is 6.84. The zero-order valence-electron chi connectivity index (χ0n) is 13.7. The maximum absolute atomic E-state index is 12.4. The van der Waals surface area contributed by atoms with Crippen LogP contribution in [0.3, 0.4) is 0 Å². The molecule has 0 unspecified atom stereocenters. The number of carboxylic acid groups (broad SMARTS) is 1. The SMILES string of the molecule is C[C@@H]1C(=O)N(c2nc3ccccc3s2)[C@H]2CCN[C@H]12.O=C(O)C(F)(F)F. The van der Waals surface area contributed by atoms with Gasteiger partial charge >= 0.3 is 12.1 Å². The predicted molar refractivity (Wildman–Crippen MR) is 90.2 cm³/mol. The number of benzene rings is 1. The average molecular weight is 387 g/mol. The number of nitrogens with zero attached hydrogens (tertiary/aromatic N) is 2. The number of carbonyl (C=O) groups is 2. The van der Waals surface area contributed by atoms with Gasteiger partial charge in [-0.1, -0.05) is 30.4 Å². The third-order valence-corrected chi connectivity index (χ3v) is 5.50. The monoisotopic (exact) mass is 387 g/mol. The van der Waals surface area contributed by atoms with Crippen LogP contribution < -0.4 is 10.2 Å². The molecule has 2 N–H and O–H groups in total. The van der Waals surface area contributed by atoms with Crippen molar-refractivity contribution in [3.8, 4) is 0 Å². The minimum Gasteiger partial charge on any atom is -0.475 e.